The van der Waals surface area contributed by atoms with Crippen molar-refractivity contribution < 1.29 is 9.66 Å². The summed E-state index contributed by atoms with van der Waals surface area (Å²) in [6.07, 6.45) is 2.35. The van der Waals surface area contributed by atoms with Gasteiger partial charge in [0.1, 0.15) is 12.4 Å². The number of likely N-dealkylation sites (N-methyl/N-ethyl adjacent to an activating group) is 1. The first kappa shape index (κ1) is 14.4. The SMILES string of the molecule is CCCCN(C)CCOc1cccc([N+](=O)[O-])c1. The molecule has 0 heterocycles. The van der Waals surface area contributed by atoms with E-state index in [0.29, 0.717) is 12.4 Å². The van der Waals surface area contributed by atoms with Gasteiger partial charge in [-0.3, -0.25) is 10.1 Å². The maximum atomic E-state index is 10.6. The zero-order chi connectivity index (χ0) is 13.4. The zero-order valence-electron chi connectivity index (χ0n) is 11.0. The fourth-order valence-corrected chi connectivity index (χ4v) is 1.55. The van der Waals surface area contributed by atoms with Crippen LogP contribution in [-0.2, 0) is 0 Å². The lowest BCUT2D eigenvalue weighted by molar-refractivity contribution is -0.384. The van der Waals surface area contributed by atoms with Crippen molar-refractivity contribution in [2.75, 3.05) is 26.7 Å². The molecule has 0 aromatic heterocycles. The fraction of sp³-hybridized carbons (Fsp3) is 0.538. The molecule has 18 heavy (non-hydrogen) atoms. The van der Waals surface area contributed by atoms with Crippen LogP contribution >= 0.6 is 0 Å². The van der Waals surface area contributed by atoms with E-state index in [1.54, 1.807) is 12.1 Å². The summed E-state index contributed by atoms with van der Waals surface area (Å²) in [5, 5.41) is 10.6. The third kappa shape index (κ3) is 5.14. The van der Waals surface area contributed by atoms with E-state index in [9.17, 15) is 10.1 Å². The van der Waals surface area contributed by atoms with Crippen molar-refractivity contribution >= 4 is 5.69 Å². The molecule has 0 saturated carbocycles. The number of nitro benzene ring substituents is 1. The summed E-state index contributed by atoms with van der Waals surface area (Å²) in [5.41, 5.74) is 0.0619. The molecule has 0 N–H and O–H groups in total. The summed E-state index contributed by atoms with van der Waals surface area (Å²) in [6.45, 7) is 4.58. The smallest absolute Gasteiger partial charge is 0.273 e. The highest BCUT2D eigenvalue weighted by atomic mass is 16.6. The van der Waals surface area contributed by atoms with Crippen LogP contribution in [0.1, 0.15) is 19.8 Å². The fourth-order valence-electron chi connectivity index (χ4n) is 1.55. The molecule has 5 nitrogen and oxygen atoms in total. The van der Waals surface area contributed by atoms with E-state index in [4.69, 9.17) is 4.74 Å². The monoisotopic (exact) mass is 252 g/mol. The third-order valence-electron chi connectivity index (χ3n) is 2.66. The van der Waals surface area contributed by atoms with Gasteiger partial charge in [0.05, 0.1) is 11.0 Å². The molecule has 1 rings (SSSR count). The maximum Gasteiger partial charge on any atom is 0.273 e. The van der Waals surface area contributed by atoms with Gasteiger partial charge in [-0.2, -0.15) is 0 Å². The molecule has 1 aromatic rings. The largest absolute Gasteiger partial charge is 0.492 e. The maximum absolute atomic E-state index is 10.6. The highest BCUT2D eigenvalue weighted by Crippen LogP contribution is 2.18. The number of benzene rings is 1. The van der Waals surface area contributed by atoms with Gasteiger partial charge in [0, 0.05) is 12.6 Å². The van der Waals surface area contributed by atoms with E-state index < -0.39 is 4.92 Å². The number of non-ortho nitro benzene ring substituents is 1. The summed E-state index contributed by atoms with van der Waals surface area (Å²) in [4.78, 5) is 12.4. The summed E-state index contributed by atoms with van der Waals surface area (Å²) >= 11 is 0. The molecule has 1 aromatic carbocycles. The van der Waals surface area contributed by atoms with E-state index in [2.05, 4.69) is 11.8 Å². The van der Waals surface area contributed by atoms with Crippen molar-refractivity contribution in [2.45, 2.75) is 19.8 Å². The lowest BCUT2D eigenvalue weighted by atomic mass is 10.3. The molecule has 0 atom stereocenters. The molecule has 0 saturated heterocycles. The average Bonchev–Trinajstić information content (AvgIpc) is 2.36. The first-order chi connectivity index (χ1) is 8.63. The molecule has 0 aliphatic heterocycles. The van der Waals surface area contributed by atoms with Crippen molar-refractivity contribution in [3.05, 3.63) is 34.4 Å². The highest BCUT2D eigenvalue weighted by molar-refractivity contribution is 5.37. The normalized spacial score (nSPS) is 10.6. The van der Waals surface area contributed by atoms with Crippen LogP contribution in [0.4, 0.5) is 5.69 Å². The summed E-state index contributed by atoms with van der Waals surface area (Å²) < 4.78 is 5.50. The van der Waals surface area contributed by atoms with Crippen LogP contribution in [0, 0.1) is 10.1 Å². The number of hydrogen-bond acceptors (Lipinski definition) is 4. The molecule has 0 unspecified atom stereocenters. The Hall–Kier alpha value is -1.62. The number of unbranched alkanes of at least 4 members (excludes halogenated alkanes) is 1. The third-order valence-corrected chi connectivity index (χ3v) is 2.66. The Balaban J connectivity index is 2.35. The number of hydrogen-bond donors (Lipinski definition) is 0. The predicted octanol–water partition coefficient (Wildman–Crippen LogP) is 2.71. The second-order valence-electron chi connectivity index (χ2n) is 4.26. The zero-order valence-corrected chi connectivity index (χ0v) is 11.0. The molecular formula is C13H20N2O3. The van der Waals surface area contributed by atoms with Gasteiger partial charge in [0.15, 0.2) is 0 Å². The minimum Gasteiger partial charge on any atom is -0.492 e. The van der Waals surface area contributed by atoms with Gasteiger partial charge in [-0.05, 0) is 26.1 Å². The van der Waals surface area contributed by atoms with Crippen LogP contribution in [0.25, 0.3) is 0 Å². The van der Waals surface area contributed by atoms with E-state index in [1.165, 1.54) is 25.0 Å². The van der Waals surface area contributed by atoms with Crippen LogP contribution < -0.4 is 4.74 Å². The number of ether oxygens (including phenoxy) is 1. The van der Waals surface area contributed by atoms with Crippen molar-refractivity contribution in [1.29, 1.82) is 0 Å². The predicted molar refractivity (Wildman–Crippen MR) is 71.0 cm³/mol. The topological polar surface area (TPSA) is 55.6 Å². The number of nitro groups is 1. The van der Waals surface area contributed by atoms with E-state index in [-0.39, 0.29) is 5.69 Å². The molecule has 0 spiro atoms. The molecular weight excluding hydrogens is 232 g/mol. The Morgan fingerprint density at radius 1 is 1.39 bits per heavy atom. The standard InChI is InChI=1S/C13H20N2O3/c1-3-4-8-14(2)9-10-18-13-7-5-6-12(11-13)15(16)17/h5-7,11H,3-4,8-10H2,1-2H3. The minimum absolute atomic E-state index is 0.0619. The molecule has 0 amide bonds. The van der Waals surface area contributed by atoms with Crippen molar-refractivity contribution in [3.8, 4) is 5.75 Å². The summed E-state index contributed by atoms with van der Waals surface area (Å²) in [6, 6.07) is 6.28. The Morgan fingerprint density at radius 3 is 2.83 bits per heavy atom. The van der Waals surface area contributed by atoms with E-state index in [1.807, 2.05) is 7.05 Å². The van der Waals surface area contributed by atoms with Crippen molar-refractivity contribution in [3.63, 3.8) is 0 Å². The molecule has 0 bridgehead atoms. The number of rotatable bonds is 8. The Kier molecular flexibility index (Phi) is 6.14. The molecule has 0 fully saturated rings. The van der Waals surface area contributed by atoms with Crippen LogP contribution in [0.3, 0.4) is 0 Å². The van der Waals surface area contributed by atoms with Gasteiger partial charge in [-0.25, -0.2) is 0 Å². The first-order valence-electron chi connectivity index (χ1n) is 6.19. The summed E-state index contributed by atoms with van der Waals surface area (Å²) in [7, 11) is 2.05. The van der Waals surface area contributed by atoms with E-state index >= 15 is 0 Å². The Bertz CT molecular complexity index is 382. The molecule has 0 radical (unpaired) electrons. The minimum atomic E-state index is -0.416. The highest BCUT2D eigenvalue weighted by Gasteiger charge is 2.06. The van der Waals surface area contributed by atoms with Crippen LogP contribution in [0.5, 0.6) is 5.75 Å². The summed E-state index contributed by atoms with van der Waals surface area (Å²) in [5.74, 6) is 0.549. The second kappa shape index (κ2) is 7.66. The van der Waals surface area contributed by atoms with E-state index in [0.717, 1.165) is 13.1 Å². The quantitative estimate of drug-likeness (QED) is 0.527. The van der Waals surface area contributed by atoms with Gasteiger partial charge in [0.25, 0.3) is 5.69 Å². The average molecular weight is 252 g/mol. The lowest BCUT2D eigenvalue weighted by Crippen LogP contribution is -2.25. The van der Waals surface area contributed by atoms with Crippen LogP contribution in [0.2, 0.25) is 0 Å². The van der Waals surface area contributed by atoms with Gasteiger partial charge in [-0.1, -0.05) is 19.4 Å². The van der Waals surface area contributed by atoms with Crippen molar-refractivity contribution in [2.24, 2.45) is 0 Å². The van der Waals surface area contributed by atoms with Gasteiger partial charge in [0.2, 0.25) is 0 Å². The van der Waals surface area contributed by atoms with Crippen LogP contribution in [-0.4, -0.2) is 36.6 Å². The Labute approximate surface area is 108 Å². The van der Waals surface area contributed by atoms with Crippen molar-refractivity contribution in [1.82, 2.24) is 4.90 Å². The molecule has 5 heteroatoms. The lowest BCUT2D eigenvalue weighted by Gasteiger charge is -2.16. The Morgan fingerprint density at radius 2 is 2.17 bits per heavy atom. The van der Waals surface area contributed by atoms with Gasteiger partial charge in [-0.15, -0.1) is 0 Å². The second-order valence-corrected chi connectivity index (χ2v) is 4.26. The molecule has 0 aliphatic rings. The van der Waals surface area contributed by atoms with Crippen LogP contribution in [0.15, 0.2) is 24.3 Å². The molecule has 0 aliphatic carbocycles. The molecule has 100 valence electrons. The first-order valence-corrected chi connectivity index (χ1v) is 6.19. The number of nitrogens with zero attached hydrogens (tertiary/aromatic N) is 2. The van der Waals surface area contributed by atoms with Gasteiger partial charge < -0.3 is 9.64 Å². The van der Waals surface area contributed by atoms with Gasteiger partial charge >= 0.3 is 0 Å².